The van der Waals surface area contributed by atoms with Gasteiger partial charge in [-0.1, -0.05) is 12.1 Å². The maximum Gasteiger partial charge on any atom is 0.319 e. The molecule has 0 aliphatic rings. The minimum atomic E-state index is -0.834. The molecular formula is C15H13BrF2N2O2. The number of halogens is 3. The second kappa shape index (κ2) is 7.74. The number of amides is 2. The topological polar surface area (TPSA) is 50.4 Å². The normalized spacial score (nSPS) is 10.1. The van der Waals surface area contributed by atoms with Crippen molar-refractivity contribution in [1.29, 1.82) is 0 Å². The Balaban J connectivity index is 1.75. The Bertz CT molecular complexity index is 668. The Hall–Kier alpha value is -2.15. The lowest BCUT2D eigenvalue weighted by Crippen LogP contribution is -2.32. The van der Waals surface area contributed by atoms with Gasteiger partial charge < -0.3 is 15.4 Å². The van der Waals surface area contributed by atoms with Gasteiger partial charge in [-0.2, -0.15) is 0 Å². The highest BCUT2D eigenvalue weighted by atomic mass is 79.9. The largest absolute Gasteiger partial charge is 0.491 e. The maximum absolute atomic E-state index is 13.4. The average Bonchev–Trinajstić information content (AvgIpc) is 2.48. The molecule has 0 aliphatic carbocycles. The lowest BCUT2D eigenvalue weighted by Gasteiger charge is -2.10. The quantitative estimate of drug-likeness (QED) is 0.783. The summed E-state index contributed by atoms with van der Waals surface area (Å²) < 4.78 is 32.4. The molecule has 0 bridgehead atoms. The first-order chi connectivity index (χ1) is 10.6. The van der Waals surface area contributed by atoms with Crippen molar-refractivity contribution in [2.45, 2.75) is 0 Å². The monoisotopic (exact) mass is 370 g/mol. The molecule has 2 rings (SSSR count). The number of nitrogens with one attached hydrogen (secondary N) is 2. The van der Waals surface area contributed by atoms with Crippen molar-refractivity contribution in [1.82, 2.24) is 5.32 Å². The second-order valence-corrected chi connectivity index (χ2v) is 5.14. The summed E-state index contributed by atoms with van der Waals surface area (Å²) in [4.78, 5) is 11.6. The van der Waals surface area contributed by atoms with Crippen LogP contribution in [0, 0.1) is 11.6 Å². The van der Waals surface area contributed by atoms with E-state index in [4.69, 9.17) is 4.74 Å². The van der Waals surface area contributed by atoms with E-state index >= 15 is 0 Å². The van der Waals surface area contributed by atoms with Crippen LogP contribution < -0.4 is 15.4 Å². The summed E-state index contributed by atoms with van der Waals surface area (Å²) in [6, 6.07) is 9.64. The highest BCUT2D eigenvalue weighted by Gasteiger charge is 2.07. The average molecular weight is 371 g/mol. The van der Waals surface area contributed by atoms with E-state index < -0.39 is 17.7 Å². The molecule has 0 unspecified atom stereocenters. The Morgan fingerprint density at radius 1 is 1.18 bits per heavy atom. The number of rotatable bonds is 5. The van der Waals surface area contributed by atoms with Crippen molar-refractivity contribution in [2.75, 3.05) is 18.5 Å². The molecule has 2 amide bonds. The van der Waals surface area contributed by atoms with Crippen LogP contribution in [0.4, 0.5) is 19.3 Å². The molecule has 0 atom stereocenters. The Kier molecular flexibility index (Phi) is 5.71. The van der Waals surface area contributed by atoms with Gasteiger partial charge in [0, 0.05) is 6.07 Å². The summed E-state index contributed by atoms with van der Waals surface area (Å²) in [6.45, 7) is 0.484. The molecule has 0 heterocycles. The van der Waals surface area contributed by atoms with E-state index in [1.54, 1.807) is 6.07 Å². The maximum atomic E-state index is 13.4. The predicted molar refractivity (Wildman–Crippen MR) is 83.0 cm³/mol. The fourth-order valence-corrected chi connectivity index (χ4v) is 2.04. The van der Waals surface area contributed by atoms with Crippen LogP contribution in [-0.4, -0.2) is 19.2 Å². The van der Waals surface area contributed by atoms with Gasteiger partial charge >= 0.3 is 6.03 Å². The van der Waals surface area contributed by atoms with Crippen molar-refractivity contribution >= 4 is 27.6 Å². The first kappa shape index (κ1) is 16.2. The van der Waals surface area contributed by atoms with E-state index in [2.05, 4.69) is 26.6 Å². The van der Waals surface area contributed by atoms with Crippen LogP contribution in [0.25, 0.3) is 0 Å². The van der Waals surface area contributed by atoms with E-state index in [9.17, 15) is 13.6 Å². The van der Waals surface area contributed by atoms with Crippen LogP contribution in [0.15, 0.2) is 46.9 Å². The molecule has 0 aliphatic heterocycles. The number of para-hydroxylation sites is 1. The zero-order valence-corrected chi connectivity index (χ0v) is 13.0. The van der Waals surface area contributed by atoms with Crippen LogP contribution in [0.3, 0.4) is 0 Å². The third kappa shape index (κ3) is 4.70. The van der Waals surface area contributed by atoms with E-state index in [0.29, 0.717) is 11.8 Å². The molecule has 0 spiro atoms. The van der Waals surface area contributed by atoms with Crippen molar-refractivity contribution < 1.29 is 18.3 Å². The lowest BCUT2D eigenvalue weighted by atomic mass is 10.3. The Labute approximate surface area is 134 Å². The SMILES string of the molecule is O=C(NCCOc1ccccc1Br)Nc1ccc(F)cc1F. The van der Waals surface area contributed by atoms with Gasteiger partial charge in [-0.25, -0.2) is 13.6 Å². The van der Waals surface area contributed by atoms with Crippen LogP contribution in [0.2, 0.25) is 0 Å². The van der Waals surface area contributed by atoms with Crippen LogP contribution in [0.5, 0.6) is 5.75 Å². The number of hydrogen-bond donors (Lipinski definition) is 2. The smallest absolute Gasteiger partial charge is 0.319 e. The molecular weight excluding hydrogens is 358 g/mol. The van der Waals surface area contributed by atoms with E-state index in [1.807, 2.05) is 18.2 Å². The summed E-state index contributed by atoms with van der Waals surface area (Å²) in [5.74, 6) is -0.876. The van der Waals surface area contributed by atoms with Gasteiger partial charge in [-0.15, -0.1) is 0 Å². The fraction of sp³-hybridized carbons (Fsp3) is 0.133. The van der Waals surface area contributed by atoms with Crippen molar-refractivity contribution in [2.24, 2.45) is 0 Å². The number of anilines is 1. The van der Waals surface area contributed by atoms with Crippen molar-refractivity contribution in [3.8, 4) is 5.75 Å². The van der Waals surface area contributed by atoms with Crippen LogP contribution >= 0.6 is 15.9 Å². The molecule has 22 heavy (non-hydrogen) atoms. The first-order valence-corrected chi connectivity index (χ1v) is 7.23. The lowest BCUT2D eigenvalue weighted by molar-refractivity contribution is 0.247. The number of benzene rings is 2. The number of carbonyl (C=O) groups is 1. The molecule has 4 nitrogen and oxygen atoms in total. The summed E-state index contributed by atoms with van der Waals surface area (Å²) in [5.41, 5.74) is -0.0920. The first-order valence-electron chi connectivity index (χ1n) is 6.43. The molecule has 0 saturated heterocycles. The molecule has 7 heteroatoms. The zero-order valence-electron chi connectivity index (χ0n) is 11.4. The van der Waals surface area contributed by atoms with E-state index in [0.717, 1.165) is 16.6 Å². The summed E-state index contributed by atoms with van der Waals surface area (Å²) >= 11 is 3.34. The molecule has 0 fully saturated rings. The third-order valence-electron chi connectivity index (χ3n) is 2.66. The molecule has 0 saturated carbocycles. The summed E-state index contributed by atoms with van der Waals surface area (Å²) in [7, 11) is 0. The molecule has 2 aromatic carbocycles. The standard InChI is InChI=1S/C15H13BrF2N2O2/c16-11-3-1-2-4-14(11)22-8-7-19-15(21)20-13-6-5-10(17)9-12(13)18/h1-6,9H,7-8H2,(H2,19,20,21). The van der Waals surface area contributed by atoms with Gasteiger partial charge in [0.05, 0.1) is 16.7 Å². The summed E-state index contributed by atoms with van der Waals surface area (Å²) in [5, 5.41) is 4.80. The molecule has 2 N–H and O–H groups in total. The van der Waals surface area contributed by atoms with Crippen LogP contribution in [0.1, 0.15) is 0 Å². The number of hydrogen-bond acceptors (Lipinski definition) is 2. The molecule has 116 valence electrons. The zero-order chi connectivity index (χ0) is 15.9. The number of urea groups is 1. The van der Waals surface area contributed by atoms with Gasteiger partial charge in [0.1, 0.15) is 24.0 Å². The van der Waals surface area contributed by atoms with Gasteiger partial charge in [-0.3, -0.25) is 0 Å². The minimum absolute atomic E-state index is 0.0920. The van der Waals surface area contributed by atoms with E-state index in [-0.39, 0.29) is 18.8 Å². The number of carbonyl (C=O) groups excluding carboxylic acids is 1. The molecule has 0 radical (unpaired) electrons. The fourth-order valence-electron chi connectivity index (χ4n) is 1.64. The minimum Gasteiger partial charge on any atom is -0.491 e. The Morgan fingerprint density at radius 2 is 1.95 bits per heavy atom. The van der Waals surface area contributed by atoms with Gasteiger partial charge in [0.25, 0.3) is 0 Å². The highest BCUT2D eigenvalue weighted by molar-refractivity contribution is 9.10. The van der Waals surface area contributed by atoms with E-state index in [1.165, 1.54) is 0 Å². The van der Waals surface area contributed by atoms with Crippen molar-refractivity contribution in [3.63, 3.8) is 0 Å². The second-order valence-electron chi connectivity index (χ2n) is 4.28. The van der Waals surface area contributed by atoms with Gasteiger partial charge in [-0.05, 0) is 40.2 Å². The third-order valence-corrected chi connectivity index (χ3v) is 3.32. The highest BCUT2D eigenvalue weighted by Crippen LogP contribution is 2.23. The van der Waals surface area contributed by atoms with Crippen LogP contribution in [-0.2, 0) is 0 Å². The van der Waals surface area contributed by atoms with Gasteiger partial charge in [0.2, 0.25) is 0 Å². The predicted octanol–water partition coefficient (Wildman–Crippen LogP) is 3.93. The molecule has 2 aromatic rings. The summed E-state index contributed by atoms with van der Waals surface area (Å²) in [6.07, 6.45) is 0. The molecule has 0 aromatic heterocycles. The van der Waals surface area contributed by atoms with Gasteiger partial charge in [0.15, 0.2) is 0 Å². The number of ether oxygens (including phenoxy) is 1. The Morgan fingerprint density at radius 3 is 2.68 bits per heavy atom. The van der Waals surface area contributed by atoms with Crippen molar-refractivity contribution in [3.05, 3.63) is 58.6 Å².